The van der Waals surface area contributed by atoms with Gasteiger partial charge in [-0.25, -0.2) is 8.42 Å². The molecule has 0 N–H and O–H groups in total. The van der Waals surface area contributed by atoms with Gasteiger partial charge in [-0.2, -0.15) is 5.10 Å². The Morgan fingerprint density at radius 1 is 0.741 bits per heavy atom. The van der Waals surface area contributed by atoms with Crippen molar-refractivity contribution in [3.63, 3.8) is 0 Å². The van der Waals surface area contributed by atoms with Crippen molar-refractivity contribution in [3.05, 3.63) is 89.5 Å². The van der Waals surface area contributed by atoms with Gasteiger partial charge in [-0.05, 0) is 35.7 Å². The number of hydrogen-bond donors (Lipinski definition) is 0. The molecular formula is C22H18N2O2S. The molecule has 0 heterocycles. The van der Waals surface area contributed by atoms with Crippen molar-refractivity contribution in [2.45, 2.75) is 11.8 Å². The van der Waals surface area contributed by atoms with Crippen LogP contribution in [0.15, 0.2) is 87.9 Å². The molecular weight excluding hydrogens is 356 g/mol. The van der Waals surface area contributed by atoms with E-state index >= 15 is 0 Å². The molecule has 0 unspecified atom stereocenters. The molecule has 0 amide bonds. The Labute approximate surface area is 158 Å². The van der Waals surface area contributed by atoms with Crippen LogP contribution in [0.4, 0.5) is 0 Å². The maximum atomic E-state index is 11.6. The predicted molar refractivity (Wildman–Crippen MR) is 109 cm³/mol. The van der Waals surface area contributed by atoms with Gasteiger partial charge in [0.1, 0.15) is 5.71 Å². The molecule has 4 nitrogen and oxygen atoms in total. The van der Waals surface area contributed by atoms with E-state index in [1.807, 2.05) is 31.2 Å². The van der Waals surface area contributed by atoms with Gasteiger partial charge >= 0.3 is 0 Å². The molecule has 0 saturated carbocycles. The lowest BCUT2D eigenvalue weighted by Crippen LogP contribution is -2.01. The van der Waals surface area contributed by atoms with Crippen LogP contribution in [-0.2, 0) is 9.84 Å². The van der Waals surface area contributed by atoms with Crippen LogP contribution in [0.5, 0.6) is 0 Å². The first-order chi connectivity index (χ1) is 12.9. The van der Waals surface area contributed by atoms with E-state index in [4.69, 9.17) is 0 Å². The molecule has 134 valence electrons. The van der Waals surface area contributed by atoms with Gasteiger partial charge in [0.15, 0.2) is 9.84 Å². The molecule has 5 heteroatoms. The number of rotatable bonds is 3. The van der Waals surface area contributed by atoms with Gasteiger partial charge in [-0.1, -0.05) is 60.7 Å². The second-order valence-electron chi connectivity index (χ2n) is 6.52. The topological polar surface area (TPSA) is 58.9 Å². The van der Waals surface area contributed by atoms with Crippen molar-refractivity contribution in [2.24, 2.45) is 10.2 Å². The summed E-state index contributed by atoms with van der Waals surface area (Å²) in [6.07, 6.45) is 1.20. The Balaban J connectivity index is 1.74. The van der Waals surface area contributed by atoms with Crippen LogP contribution in [0.25, 0.3) is 11.1 Å². The first-order valence-electron chi connectivity index (χ1n) is 8.57. The minimum absolute atomic E-state index is 0.295. The van der Waals surface area contributed by atoms with Crippen molar-refractivity contribution in [1.82, 2.24) is 0 Å². The van der Waals surface area contributed by atoms with Gasteiger partial charge < -0.3 is 0 Å². The molecule has 1 aliphatic carbocycles. The van der Waals surface area contributed by atoms with E-state index in [2.05, 4.69) is 34.5 Å². The molecule has 4 rings (SSSR count). The standard InChI is InChI=1S/C22H18N2O2S/c1-15(16-11-13-17(14-12-16)27(2,25)26)23-24-22-20-9-5-3-7-18(20)19-8-4-6-10-21(19)22/h3-14H,1-2H3/b23-15-. The summed E-state index contributed by atoms with van der Waals surface area (Å²) in [4.78, 5) is 0.295. The summed E-state index contributed by atoms with van der Waals surface area (Å²) in [5.74, 6) is 0. The van der Waals surface area contributed by atoms with E-state index in [0.717, 1.165) is 39.2 Å². The Bertz CT molecular complexity index is 1140. The van der Waals surface area contributed by atoms with Gasteiger partial charge in [0, 0.05) is 17.4 Å². The van der Waals surface area contributed by atoms with Crippen molar-refractivity contribution in [1.29, 1.82) is 0 Å². The fraction of sp³-hybridized carbons (Fsp3) is 0.0909. The zero-order valence-corrected chi connectivity index (χ0v) is 15.9. The van der Waals surface area contributed by atoms with E-state index in [0.29, 0.717) is 4.90 Å². The molecule has 0 spiro atoms. The number of fused-ring (bicyclic) bond motifs is 3. The second kappa shape index (κ2) is 6.59. The Morgan fingerprint density at radius 3 is 1.70 bits per heavy atom. The first-order valence-corrected chi connectivity index (χ1v) is 10.5. The van der Waals surface area contributed by atoms with Crippen LogP contribution >= 0.6 is 0 Å². The van der Waals surface area contributed by atoms with Gasteiger partial charge in [0.05, 0.1) is 10.6 Å². The van der Waals surface area contributed by atoms with Gasteiger partial charge in [0.2, 0.25) is 0 Å². The van der Waals surface area contributed by atoms with E-state index in [1.165, 1.54) is 6.26 Å². The normalized spacial score (nSPS) is 13.3. The van der Waals surface area contributed by atoms with Crippen LogP contribution in [0.3, 0.4) is 0 Å². The van der Waals surface area contributed by atoms with Crippen LogP contribution in [0, 0.1) is 0 Å². The third-order valence-corrected chi connectivity index (χ3v) is 5.78. The zero-order valence-electron chi connectivity index (χ0n) is 15.0. The molecule has 0 radical (unpaired) electrons. The third kappa shape index (κ3) is 3.22. The van der Waals surface area contributed by atoms with Crippen LogP contribution < -0.4 is 0 Å². The maximum absolute atomic E-state index is 11.6. The largest absolute Gasteiger partial charge is 0.224 e. The third-order valence-electron chi connectivity index (χ3n) is 4.65. The predicted octanol–water partition coefficient (Wildman–Crippen LogP) is 4.33. The summed E-state index contributed by atoms with van der Waals surface area (Å²) in [7, 11) is -3.20. The molecule has 0 fully saturated rings. The number of nitrogens with zero attached hydrogens (tertiary/aromatic N) is 2. The van der Waals surface area contributed by atoms with E-state index in [9.17, 15) is 8.42 Å². The number of benzene rings is 3. The Hall–Kier alpha value is -3.05. The molecule has 3 aromatic rings. The lowest BCUT2D eigenvalue weighted by atomic mass is 10.1. The van der Waals surface area contributed by atoms with Crippen molar-refractivity contribution in [2.75, 3.05) is 6.26 Å². The van der Waals surface area contributed by atoms with Crippen LogP contribution in [0.2, 0.25) is 0 Å². The highest BCUT2D eigenvalue weighted by Gasteiger charge is 2.23. The van der Waals surface area contributed by atoms with Gasteiger partial charge in [-0.15, -0.1) is 5.10 Å². The molecule has 0 bridgehead atoms. The fourth-order valence-electron chi connectivity index (χ4n) is 3.23. The quantitative estimate of drug-likeness (QED) is 0.396. The van der Waals surface area contributed by atoms with Crippen molar-refractivity contribution < 1.29 is 8.42 Å². The van der Waals surface area contributed by atoms with Crippen molar-refractivity contribution >= 4 is 21.3 Å². The van der Waals surface area contributed by atoms with Crippen LogP contribution in [-0.4, -0.2) is 26.1 Å². The van der Waals surface area contributed by atoms with E-state index in [-0.39, 0.29) is 0 Å². The average molecular weight is 374 g/mol. The lowest BCUT2D eigenvalue weighted by Gasteiger charge is -2.03. The molecule has 0 saturated heterocycles. The highest BCUT2D eigenvalue weighted by Crippen LogP contribution is 2.36. The first kappa shape index (κ1) is 17.4. The minimum atomic E-state index is -3.20. The summed E-state index contributed by atoms with van der Waals surface area (Å²) >= 11 is 0. The molecule has 27 heavy (non-hydrogen) atoms. The van der Waals surface area contributed by atoms with Crippen LogP contribution in [0.1, 0.15) is 23.6 Å². The summed E-state index contributed by atoms with van der Waals surface area (Å²) in [6.45, 7) is 1.87. The molecule has 0 aliphatic heterocycles. The van der Waals surface area contributed by atoms with E-state index in [1.54, 1.807) is 24.3 Å². The molecule has 3 aromatic carbocycles. The fourth-order valence-corrected chi connectivity index (χ4v) is 3.86. The maximum Gasteiger partial charge on any atom is 0.175 e. The summed E-state index contributed by atoms with van der Waals surface area (Å²) in [5, 5.41) is 8.96. The van der Waals surface area contributed by atoms with E-state index < -0.39 is 9.84 Å². The summed E-state index contributed by atoms with van der Waals surface area (Å²) in [6, 6.07) is 23.0. The van der Waals surface area contributed by atoms with Gasteiger partial charge in [0.25, 0.3) is 0 Å². The Kier molecular flexibility index (Phi) is 4.24. The Morgan fingerprint density at radius 2 is 1.22 bits per heavy atom. The number of hydrogen-bond acceptors (Lipinski definition) is 4. The SMILES string of the molecule is C/C(=N/N=C1c2ccccc2-c2ccccc21)c1ccc(S(C)(=O)=O)cc1. The van der Waals surface area contributed by atoms with Crippen molar-refractivity contribution in [3.8, 4) is 11.1 Å². The average Bonchev–Trinajstić information content (AvgIpc) is 2.99. The number of sulfone groups is 1. The highest BCUT2D eigenvalue weighted by atomic mass is 32.2. The smallest absolute Gasteiger partial charge is 0.175 e. The molecule has 1 aliphatic rings. The molecule has 0 atom stereocenters. The summed E-state index contributed by atoms with van der Waals surface area (Å²) in [5.41, 5.74) is 6.89. The molecule has 0 aromatic heterocycles. The zero-order chi connectivity index (χ0) is 19.0. The second-order valence-corrected chi connectivity index (χ2v) is 8.54. The monoisotopic (exact) mass is 374 g/mol. The highest BCUT2D eigenvalue weighted by molar-refractivity contribution is 7.90. The van der Waals surface area contributed by atoms with Gasteiger partial charge in [-0.3, -0.25) is 0 Å². The minimum Gasteiger partial charge on any atom is -0.224 e. The lowest BCUT2D eigenvalue weighted by molar-refractivity contribution is 0.602. The summed E-state index contributed by atoms with van der Waals surface area (Å²) < 4.78 is 23.2.